The van der Waals surface area contributed by atoms with Gasteiger partial charge in [0.05, 0.1) is 15.5 Å². The number of nitrogens with zero attached hydrogens (tertiary/aromatic N) is 1. The van der Waals surface area contributed by atoms with E-state index in [0.717, 1.165) is 12.8 Å². The van der Waals surface area contributed by atoms with Crippen LogP contribution < -0.4 is 5.32 Å². The second kappa shape index (κ2) is 8.62. The van der Waals surface area contributed by atoms with E-state index in [1.807, 2.05) is 0 Å². The fraction of sp³-hybridized carbons (Fsp3) is 0.316. The van der Waals surface area contributed by atoms with Gasteiger partial charge >= 0.3 is 0 Å². The van der Waals surface area contributed by atoms with Crippen LogP contribution >= 0.6 is 11.6 Å². The standard InChI is InChI=1S/C19H21ClN2O3/c1-13(2)15-7-5-14(6-8-15)4-3-11-21-19(23)17-12-16(22(24)25)9-10-18(17)20/h5-10,12-13H,3-4,11H2,1-2H3,(H,21,23). The van der Waals surface area contributed by atoms with E-state index in [0.29, 0.717) is 12.5 Å². The average molecular weight is 361 g/mol. The van der Waals surface area contributed by atoms with Crippen molar-refractivity contribution >= 4 is 23.2 Å². The zero-order valence-electron chi connectivity index (χ0n) is 14.3. The number of rotatable bonds is 7. The van der Waals surface area contributed by atoms with Crippen molar-refractivity contribution in [3.63, 3.8) is 0 Å². The van der Waals surface area contributed by atoms with Gasteiger partial charge in [-0.1, -0.05) is 49.7 Å². The minimum atomic E-state index is -0.548. The zero-order valence-corrected chi connectivity index (χ0v) is 15.0. The van der Waals surface area contributed by atoms with E-state index in [1.54, 1.807) is 0 Å². The van der Waals surface area contributed by atoms with E-state index in [4.69, 9.17) is 11.6 Å². The smallest absolute Gasteiger partial charge is 0.270 e. The number of hydrogen-bond donors (Lipinski definition) is 1. The van der Waals surface area contributed by atoms with E-state index in [2.05, 4.69) is 43.4 Å². The molecule has 0 spiro atoms. The van der Waals surface area contributed by atoms with E-state index >= 15 is 0 Å². The maximum absolute atomic E-state index is 12.2. The van der Waals surface area contributed by atoms with Crippen molar-refractivity contribution in [3.8, 4) is 0 Å². The van der Waals surface area contributed by atoms with Gasteiger partial charge in [0.25, 0.3) is 11.6 Å². The molecule has 0 bridgehead atoms. The predicted octanol–water partition coefficient (Wildman–Crippen LogP) is 4.73. The Labute approximate surface area is 152 Å². The number of aryl methyl sites for hydroxylation is 1. The van der Waals surface area contributed by atoms with Gasteiger partial charge in [0.2, 0.25) is 0 Å². The van der Waals surface area contributed by atoms with Crippen molar-refractivity contribution in [3.05, 3.63) is 74.3 Å². The molecule has 1 N–H and O–H groups in total. The van der Waals surface area contributed by atoms with Gasteiger partial charge < -0.3 is 5.32 Å². The highest BCUT2D eigenvalue weighted by atomic mass is 35.5. The Balaban J connectivity index is 1.86. The third-order valence-electron chi connectivity index (χ3n) is 3.98. The minimum Gasteiger partial charge on any atom is -0.352 e. The SMILES string of the molecule is CC(C)c1ccc(CCCNC(=O)c2cc([N+](=O)[O-])ccc2Cl)cc1. The summed E-state index contributed by atoms with van der Waals surface area (Å²) in [5.41, 5.74) is 2.49. The van der Waals surface area contributed by atoms with Crippen molar-refractivity contribution in [2.45, 2.75) is 32.6 Å². The summed E-state index contributed by atoms with van der Waals surface area (Å²) in [5.74, 6) is 0.108. The normalized spacial score (nSPS) is 10.7. The Bertz CT molecular complexity index is 758. The van der Waals surface area contributed by atoms with Gasteiger partial charge in [-0.15, -0.1) is 0 Å². The van der Waals surface area contributed by atoms with Gasteiger partial charge in [-0.05, 0) is 36.0 Å². The van der Waals surface area contributed by atoms with Gasteiger partial charge in [0.1, 0.15) is 0 Å². The molecule has 0 saturated heterocycles. The molecule has 132 valence electrons. The molecule has 0 atom stereocenters. The number of non-ortho nitro benzene ring substituents is 1. The Kier molecular flexibility index (Phi) is 6.53. The molecule has 2 rings (SSSR count). The van der Waals surface area contributed by atoms with E-state index in [9.17, 15) is 14.9 Å². The van der Waals surface area contributed by atoms with Gasteiger partial charge in [-0.2, -0.15) is 0 Å². The molecule has 1 amide bonds. The number of nitro benzene ring substituents is 1. The van der Waals surface area contributed by atoms with E-state index in [-0.39, 0.29) is 16.3 Å². The number of hydrogen-bond acceptors (Lipinski definition) is 3. The molecular formula is C19H21ClN2O3. The zero-order chi connectivity index (χ0) is 18.4. The molecule has 2 aromatic rings. The quantitative estimate of drug-likeness (QED) is 0.440. The third kappa shape index (κ3) is 5.29. The van der Waals surface area contributed by atoms with E-state index in [1.165, 1.54) is 29.3 Å². The van der Waals surface area contributed by atoms with Crippen LogP contribution in [0.2, 0.25) is 5.02 Å². The largest absolute Gasteiger partial charge is 0.352 e. The molecule has 0 aliphatic heterocycles. The molecule has 0 fully saturated rings. The average Bonchev–Trinajstić information content (AvgIpc) is 2.59. The van der Waals surface area contributed by atoms with Crippen molar-refractivity contribution in [2.24, 2.45) is 0 Å². The second-order valence-electron chi connectivity index (χ2n) is 6.18. The number of nitrogens with one attached hydrogen (secondary N) is 1. The van der Waals surface area contributed by atoms with Gasteiger partial charge in [0, 0.05) is 18.7 Å². The lowest BCUT2D eigenvalue weighted by molar-refractivity contribution is -0.384. The lowest BCUT2D eigenvalue weighted by atomic mass is 10.0. The molecule has 0 aliphatic carbocycles. The lowest BCUT2D eigenvalue weighted by Crippen LogP contribution is -2.25. The summed E-state index contributed by atoms with van der Waals surface area (Å²) in [6.07, 6.45) is 1.63. The summed E-state index contributed by atoms with van der Waals surface area (Å²) in [5, 5.41) is 13.8. The topological polar surface area (TPSA) is 72.2 Å². The second-order valence-corrected chi connectivity index (χ2v) is 6.58. The molecule has 0 saturated carbocycles. The van der Waals surface area contributed by atoms with E-state index < -0.39 is 10.8 Å². The lowest BCUT2D eigenvalue weighted by Gasteiger charge is -2.08. The van der Waals surface area contributed by atoms with Crippen molar-refractivity contribution in [1.82, 2.24) is 5.32 Å². The summed E-state index contributed by atoms with van der Waals surface area (Å²) in [6, 6.07) is 12.3. The van der Waals surface area contributed by atoms with Crippen LogP contribution in [-0.2, 0) is 6.42 Å². The summed E-state index contributed by atoms with van der Waals surface area (Å²) in [7, 11) is 0. The highest BCUT2D eigenvalue weighted by molar-refractivity contribution is 6.33. The summed E-state index contributed by atoms with van der Waals surface area (Å²) < 4.78 is 0. The maximum Gasteiger partial charge on any atom is 0.270 e. The third-order valence-corrected chi connectivity index (χ3v) is 4.31. The monoisotopic (exact) mass is 360 g/mol. The van der Waals surface area contributed by atoms with Crippen molar-refractivity contribution in [2.75, 3.05) is 6.54 Å². The summed E-state index contributed by atoms with van der Waals surface area (Å²) in [4.78, 5) is 22.4. The molecule has 0 aliphatic rings. The molecule has 0 heterocycles. The van der Waals surface area contributed by atoms with Crippen LogP contribution in [0.4, 0.5) is 5.69 Å². The highest BCUT2D eigenvalue weighted by Gasteiger charge is 2.15. The number of halogens is 1. The van der Waals surface area contributed by atoms with Gasteiger partial charge in [0.15, 0.2) is 0 Å². The Morgan fingerprint density at radius 3 is 2.48 bits per heavy atom. The number of amides is 1. The van der Waals surface area contributed by atoms with Gasteiger partial charge in [-0.3, -0.25) is 14.9 Å². The van der Waals surface area contributed by atoms with Gasteiger partial charge in [-0.25, -0.2) is 0 Å². The maximum atomic E-state index is 12.2. The number of benzene rings is 2. The fourth-order valence-corrected chi connectivity index (χ4v) is 2.66. The number of nitro groups is 1. The molecule has 5 nitrogen and oxygen atoms in total. The molecule has 0 unspecified atom stereocenters. The van der Waals surface area contributed by atoms with Crippen molar-refractivity contribution < 1.29 is 9.72 Å². The minimum absolute atomic E-state index is 0.122. The number of carbonyl (C=O) groups is 1. The van der Waals surface area contributed by atoms with Crippen LogP contribution in [0.25, 0.3) is 0 Å². The van der Waals surface area contributed by atoms with Crippen LogP contribution in [0.1, 0.15) is 47.7 Å². The first-order valence-electron chi connectivity index (χ1n) is 8.19. The predicted molar refractivity (Wildman–Crippen MR) is 99.3 cm³/mol. The summed E-state index contributed by atoms with van der Waals surface area (Å²) in [6.45, 7) is 4.79. The van der Waals surface area contributed by atoms with Crippen LogP contribution in [0.15, 0.2) is 42.5 Å². The van der Waals surface area contributed by atoms with Crippen LogP contribution in [0.3, 0.4) is 0 Å². The molecule has 0 radical (unpaired) electrons. The Morgan fingerprint density at radius 1 is 1.20 bits per heavy atom. The highest BCUT2D eigenvalue weighted by Crippen LogP contribution is 2.22. The first-order valence-corrected chi connectivity index (χ1v) is 8.57. The molecule has 0 aromatic heterocycles. The molecule has 25 heavy (non-hydrogen) atoms. The first kappa shape index (κ1) is 18.9. The van der Waals surface area contributed by atoms with Crippen LogP contribution in [-0.4, -0.2) is 17.4 Å². The molecular weight excluding hydrogens is 340 g/mol. The molecule has 6 heteroatoms. The van der Waals surface area contributed by atoms with Crippen LogP contribution in [0.5, 0.6) is 0 Å². The molecule has 2 aromatic carbocycles. The van der Waals surface area contributed by atoms with Crippen molar-refractivity contribution in [1.29, 1.82) is 0 Å². The number of carbonyl (C=O) groups excluding carboxylic acids is 1. The Morgan fingerprint density at radius 2 is 1.88 bits per heavy atom. The first-order chi connectivity index (χ1) is 11.9. The fourth-order valence-electron chi connectivity index (χ4n) is 2.46. The Hall–Kier alpha value is -2.40. The van der Waals surface area contributed by atoms with Crippen LogP contribution in [0, 0.1) is 10.1 Å². The summed E-state index contributed by atoms with van der Waals surface area (Å²) >= 11 is 5.96.